The van der Waals surface area contributed by atoms with Crippen LogP contribution in [-0.4, -0.2) is 82.9 Å². The molecule has 0 aliphatic carbocycles. The van der Waals surface area contributed by atoms with Crippen molar-refractivity contribution in [3.05, 3.63) is 122 Å². The Morgan fingerprint density at radius 2 is 1.19 bits per heavy atom. The first-order valence-corrected chi connectivity index (χ1v) is 21.8. The smallest absolute Gasteiger partial charge is 0.462 e. The third-order valence-electron chi connectivity index (χ3n) is 7.69. The molecule has 326 valence electrons. The average molecular weight is 832 g/mol. The SMILES string of the molecule is CC/C=C\C/C=C\C/C=C\C/C=C\C/C=C\CCCC(=O)OC[C@H](COP(=O)(O)OCCN)OC(=O)CCC[C@@H](O)[C@H](O)\C=C/C=C\C=C\C=C\[C@@H](O)C/C=C\CC. The summed E-state index contributed by atoms with van der Waals surface area (Å²) in [6.07, 6.45) is 41.9. The van der Waals surface area contributed by atoms with Gasteiger partial charge in [0.1, 0.15) is 6.61 Å². The number of aliphatic hydroxyl groups excluding tert-OH is 3. The Hall–Kier alpha value is -3.71. The van der Waals surface area contributed by atoms with Crippen molar-refractivity contribution in [3.8, 4) is 0 Å². The molecule has 0 radical (unpaired) electrons. The lowest BCUT2D eigenvalue weighted by atomic mass is 10.1. The Bertz CT molecular complexity index is 1410. The third kappa shape index (κ3) is 36.6. The van der Waals surface area contributed by atoms with Crippen LogP contribution in [0.2, 0.25) is 0 Å². The van der Waals surface area contributed by atoms with Gasteiger partial charge in [-0.1, -0.05) is 135 Å². The number of carbonyl (C=O) groups is 2. The number of hydrogen-bond donors (Lipinski definition) is 5. The van der Waals surface area contributed by atoms with E-state index >= 15 is 0 Å². The van der Waals surface area contributed by atoms with Crippen molar-refractivity contribution in [3.63, 3.8) is 0 Å². The number of phosphoric acid groups is 1. The molecule has 5 atom stereocenters. The minimum absolute atomic E-state index is 0.0178. The lowest BCUT2D eigenvalue weighted by Gasteiger charge is -2.20. The number of allylic oxidation sites excluding steroid dienone is 17. The number of nitrogens with two attached hydrogens (primary N) is 1. The van der Waals surface area contributed by atoms with Gasteiger partial charge in [0, 0.05) is 19.4 Å². The van der Waals surface area contributed by atoms with E-state index in [4.69, 9.17) is 24.3 Å². The van der Waals surface area contributed by atoms with Gasteiger partial charge in [0.05, 0.1) is 31.5 Å². The summed E-state index contributed by atoms with van der Waals surface area (Å²) < 4.78 is 32.4. The van der Waals surface area contributed by atoms with E-state index in [0.717, 1.165) is 38.5 Å². The van der Waals surface area contributed by atoms with Crippen LogP contribution in [0.1, 0.15) is 97.3 Å². The summed E-state index contributed by atoms with van der Waals surface area (Å²) in [6.45, 7) is 2.91. The average Bonchev–Trinajstić information content (AvgIpc) is 3.20. The molecule has 1 unspecified atom stereocenters. The first kappa shape index (κ1) is 54.3. The molecule has 0 spiro atoms. The fourth-order valence-electron chi connectivity index (χ4n) is 4.60. The highest BCUT2D eigenvalue weighted by atomic mass is 31.2. The highest BCUT2D eigenvalue weighted by Crippen LogP contribution is 2.43. The molecule has 0 aliphatic heterocycles. The summed E-state index contributed by atoms with van der Waals surface area (Å²) in [7, 11) is -4.50. The number of ether oxygens (including phenoxy) is 2. The van der Waals surface area contributed by atoms with Crippen LogP contribution in [0.25, 0.3) is 0 Å². The van der Waals surface area contributed by atoms with Gasteiger partial charge in [0.15, 0.2) is 6.10 Å². The first-order valence-electron chi connectivity index (χ1n) is 20.3. The van der Waals surface area contributed by atoms with Crippen molar-refractivity contribution >= 4 is 19.8 Å². The monoisotopic (exact) mass is 831 g/mol. The zero-order valence-corrected chi connectivity index (χ0v) is 35.4. The molecule has 0 heterocycles. The molecule has 12 nitrogen and oxygen atoms in total. The molecular weight excluding hydrogens is 761 g/mol. The summed E-state index contributed by atoms with van der Waals surface area (Å²) in [5.41, 5.74) is 5.31. The normalized spacial score (nSPS) is 16.2. The minimum Gasteiger partial charge on any atom is -0.462 e. The van der Waals surface area contributed by atoms with Gasteiger partial charge in [-0.05, 0) is 70.6 Å². The standard InChI is InChI=1S/C45H70NO11P/c1-3-5-7-8-9-10-11-12-13-14-15-16-17-18-19-24-28-34-44(50)54-38-41(39-56-58(52,53)55-37-36-46)57-45(51)35-29-33-43(49)42(48)32-27-23-21-20-22-26-31-40(47)30-25-6-4-2/h5-7,9-10,12-13,15-16,18-23,25-27,31-32,40-43,47-49H,3-4,8,11,14,17,24,28-30,33-39,46H2,1-2H3,(H,52,53)/b7-5-,10-9-,13-12-,16-15-,19-18-,22-20+,23-21-,25-6-,31-26+,32-27-/t40-,41+,42+,43+/m0/s1. The maximum Gasteiger partial charge on any atom is 0.472 e. The lowest BCUT2D eigenvalue weighted by molar-refractivity contribution is -0.161. The van der Waals surface area contributed by atoms with Crippen LogP contribution in [0.5, 0.6) is 0 Å². The lowest BCUT2D eigenvalue weighted by Crippen LogP contribution is -2.30. The van der Waals surface area contributed by atoms with Gasteiger partial charge in [-0.3, -0.25) is 18.6 Å². The predicted molar refractivity (Wildman–Crippen MR) is 232 cm³/mol. The van der Waals surface area contributed by atoms with E-state index in [9.17, 15) is 34.4 Å². The quantitative estimate of drug-likeness (QED) is 0.0135. The van der Waals surface area contributed by atoms with Crippen molar-refractivity contribution in [2.24, 2.45) is 5.73 Å². The molecule has 0 aliphatic rings. The highest BCUT2D eigenvalue weighted by Gasteiger charge is 2.26. The Morgan fingerprint density at radius 3 is 1.79 bits per heavy atom. The minimum atomic E-state index is -4.50. The summed E-state index contributed by atoms with van der Waals surface area (Å²) in [5.74, 6) is -1.25. The van der Waals surface area contributed by atoms with Gasteiger partial charge >= 0.3 is 19.8 Å². The van der Waals surface area contributed by atoms with Crippen LogP contribution < -0.4 is 5.73 Å². The number of aliphatic hydroxyl groups is 3. The zero-order valence-electron chi connectivity index (χ0n) is 34.5. The maximum absolute atomic E-state index is 12.6. The largest absolute Gasteiger partial charge is 0.472 e. The topological polar surface area (TPSA) is 195 Å². The van der Waals surface area contributed by atoms with Crippen molar-refractivity contribution in [2.75, 3.05) is 26.4 Å². The second-order valence-corrected chi connectivity index (χ2v) is 14.4. The van der Waals surface area contributed by atoms with Crippen molar-refractivity contribution in [1.29, 1.82) is 0 Å². The van der Waals surface area contributed by atoms with Gasteiger partial charge in [-0.2, -0.15) is 0 Å². The van der Waals surface area contributed by atoms with Gasteiger partial charge in [-0.25, -0.2) is 4.57 Å². The molecular formula is C45H70NO11P. The Morgan fingerprint density at radius 1 is 0.655 bits per heavy atom. The van der Waals surface area contributed by atoms with E-state index in [-0.39, 0.29) is 38.8 Å². The number of esters is 2. The Labute approximate surface area is 347 Å². The van der Waals surface area contributed by atoms with Crippen LogP contribution in [0, 0.1) is 0 Å². The summed E-state index contributed by atoms with van der Waals surface area (Å²) in [5, 5.41) is 30.4. The second kappa shape index (κ2) is 38.8. The summed E-state index contributed by atoms with van der Waals surface area (Å²) in [6, 6.07) is 0. The van der Waals surface area contributed by atoms with E-state index in [1.165, 1.54) is 6.08 Å². The fraction of sp³-hybridized carbons (Fsp3) is 0.511. The third-order valence-corrected chi connectivity index (χ3v) is 8.67. The van der Waals surface area contributed by atoms with Crippen LogP contribution >= 0.6 is 7.82 Å². The van der Waals surface area contributed by atoms with Crippen molar-refractivity contribution in [2.45, 2.75) is 122 Å². The van der Waals surface area contributed by atoms with Crippen LogP contribution in [0.4, 0.5) is 0 Å². The van der Waals surface area contributed by atoms with E-state index in [0.29, 0.717) is 19.3 Å². The number of hydrogen-bond acceptors (Lipinski definition) is 11. The van der Waals surface area contributed by atoms with E-state index in [1.54, 1.807) is 42.5 Å². The number of phosphoric ester groups is 1. The molecule has 0 saturated heterocycles. The molecule has 0 rings (SSSR count). The number of unbranched alkanes of at least 4 members (excludes halogenated alkanes) is 1. The Kier molecular flexibility index (Phi) is 36.3. The van der Waals surface area contributed by atoms with Gasteiger partial charge in [0.2, 0.25) is 0 Å². The molecule has 0 fully saturated rings. The highest BCUT2D eigenvalue weighted by molar-refractivity contribution is 7.47. The van der Waals surface area contributed by atoms with Crippen molar-refractivity contribution < 1.29 is 52.9 Å². The summed E-state index contributed by atoms with van der Waals surface area (Å²) >= 11 is 0. The van der Waals surface area contributed by atoms with Crippen molar-refractivity contribution in [1.82, 2.24) is 0 Å². The van der Waals surface area contributed by atoms with Gasteiger partial charge in [-0.15, -0.1) is 0 Å². The molecule has 0 bridgehead atoms. The van der Waals surface area contributed by atoms with Gasteiger partial charge in [0.25, 0.3) is 0 Å². The fourth-order valence-corrected chi connectivity index (χ4v) is 5.36. The molecule has 58 heavy (non-hydrogen) atoms. The number of carbonyl (C=O) groups excluding carboxylic acids is 2. The van der Waals surface area contributed by atoms with Crippen LogP contribution in [0.3, 0.4) is 0 Å². The van der Waals surface area contributed by atoms with E-state index in [2.05, 4.69) is 55.5 Å². The summed E-state index contributed by atoms with van der Waals surface area (Å²) in [4.78, 5) is 34.8. The molecule has 0 aromatic carbocycles. The molecule has 0 saturated carbocycles. The maximum atomic E-state index is 12.6. The second-order valence-electron chi connectivity index (χ2n) is 13.0. The number of rotatable bonds is 35. The molecule has 13 heteroatoms. The Balaban J connectivity index is 4.66. The van der Waals surface area contributed by atoms with Gasteiger partial charge < -0.3 is 35.4 Å². The van der Waals surface area contributed by atoms with Crippen LogP contribution in [0.15, 0.2) is 122 Å². The first-order chi connectivity index (χ1) is 28.0. The molecule has 0 amide bonds. The van der Waals surface area contributed by atoms with Crippen LogP contribution in [-0.2, 0) is 32.7 Å². The molecule has 6 N–H and O–H groups in total. The molecule has 0 aromatic heterocycles. The predicted octanol–water partition coefficient (Wildman–Crippen LogP) is 8.29. The zero-order chi connectivity index (χ0) is 43.0. The van der Waals surface area contributed by atoms with E-state index in [1.807, 2.05) is 31.2 Å². The van der Waals surface area contributed by atoms with E-state index < -0.39 is 57.4 Å². The molecule has 0 aromatic rings.